The number of hydrogen-bond donors (Lipinski definition) is 1. The SMILES string of the molecule is CCCNC1CCN(CCc2cccnc2)CC1C. The third-order valence-corrected chi connectivity index (χ3v) is 4.09. The summed E-state index contributed by atoms with van der Waals surface area (Å²) >= 11 is 0. The summed E-state index contributed by atoms with van der Waals surface area (Å²) in [4.78, 5) is 6.78. The lowest BCUT2D eigenvalue weighted by Crippen LogP contribution is -2.48. The van der Waals surface area contributed by atoms with Gasteiger partial charge < -0.3 is 10.2 Å². The fourth-order valence-corrected chi connectivity index (χ4v) is 2.90. The van der Waals surface area contributed by atoms with Gasteiger partial charge in [-0.25, -0.2) is 0 Å². The van der Waals surface area contributed by atoms with Crippen molar-refractivity contribution in [2.45, 2.75) is 39.2 Å². The van der Waals surface area contributed by atoms with E-state index in [2.05, 4.69) is 35.1 Å². The largest absolute Gasteiger partial charge is 0.314 e. The van der Waals surface area contributed by atoms with E-state index < -0.39 is 0 Å². The fourth-order valence-electron chi connectivity index (χ4n) is 2.90. The normalized spacial score (nSPS) is 24.5. The first-order valence-electron chi connectivity index (χ1n) is 7.64. The zero-order valence-electron chi connectivity index (χ0n) is 12.3. The van der Waals surface area contributed by atoms with Gasteiger partial charge in [0.25, 0.3) is 0 Å². The zero-order valence-corrected chi connectivity index (χ0v) is 12.3. The molecule has 0 spiro atoms. The van der Waals surface area contributed by atoms with E-state index in [4.69, 9.17) is 0 Å². The standard InChI is InChI=1S/C16H27N3/c1-3-8-18-16-7-11-19(13-14(16)2)10-6-15-5-4-9-17-12-15/h4-5,9,12,14,16,18H,3,6-8,10-11,13H2,1-2H3. The van der Waals surface area contributed by atoms with Gasteiger partial charge >= 0.3 is 0 Å². The third-order valence-electron chi connectivity index (χ3n) is 4.09. The molecule has 1 aliphatic rings. The molecule has 1 aliphatic heterocycles. The molecule has 0 radical (unpaired) electrons. The fraction of sp³-hybridized carbons (Fsp3) is 0.688. The molecule has 106 valence electrons. The van der Waals surface area contributed by atoms with Gasteiger partial charge in [-0.2, -0.15) is 0 Å². The molecular formula is C16H27N3. The summed E-state index contributed by atoms with van der Waals surface area (Å²) in [5.74, 6) is 0.759. The Morgan fingerprint density at radius 1 is 1.47 bits per heavy atom. The van der Waals surface area contributed by atoms with Crippen molar-refractivity contribution in [2.75, 3.05) is 26.2 Å². The maximum absolute atomic E-state index is 4.18. The van der Waals surface area contributed by atoms with Gasteiger partial charge in [0.1, 0.15) is 0 Å². The second-order valence-corrected chi connectivity index (χ2v) is 5.74. The Bertz CT molecular complexity index is 352. The average Bonchev–Trinajstić information content (AvgIpc) is 2.45. The minimum Gasteiger partial charge on any atom is -0.314 e. The number of aromatic nitrogens is 1. The number of nitrogens with zero attached hydrogens (tertiary/aromatic N) is 2. The summed E-state index contributed by atoms with van der Waals surface area (Å²) < 4.78 is 0. The van der Waals surface area contributed by atoms with E-state index in [1.54, 1.807) is 0 Å². The van der Waals surface area contributed by atoms with Gasteiger partial charge in [0.2, 0.25) is 0 Å². The van der Waals surface area contributed by atoms with Crippen molar-refractivity contribution < 1.29 is 0 Å². The van der Waals surface area contributed by atoms with E-state index in [-0.39, 0.29) is 0 Å². The van der Waals surface area contributed by atoms with E-state index in [9.17, 15) is 0 Å². The van der Waals surface area contributed by atoms with Crippen LogP contribution in [-0.4, -0.2) is 42.1 Å². The summed E-state index contributed by atoms with van der Waals surface area (Å²) in [6.07, 6.45) is 7.46. The van der Waals surface area contributed by atoms with E-state index >= 15 is 0 Å². The highest BCUT2D eigenvalue weighted by Crippen LogP contribution is 2.17. The molecule has 1 N–H and O–H groups in total. The average molecular weight is 261 g/mol. The zero-order chi connectivity index (χ0) is 13.5. The molecule has 2 atom stereocenters. The summed E-state index contributed by atoms with van der Waals surface area (Å²) in [6.45, 7) is 9.39. The van der Waals surface area contributed by atoms with Gasteiger partial charge in [0.15, 0.2) is 0 Å². The van der Waals surface area contributed by atoms with Crippen LogP contribution in [0.15, 0.2) is 24.5 Å². The van der Waals surface area contributed by atoms with Crippen molar-refractivity contribution in [3.63, 3.8) is 0 Å². The van der Waals surface area contributed by atoms with Crippen LogP contribution in [0.5, 0.6) is 0 Å². The maximum atomic E-state index is 4.18. The molecule has 2 heterocycles. The molecule has 2 rings (SSSR count). The minimum atomic E-state index is 0.717. The lowest BCUT2D eigenvalue weighted by molar-refractivity contribution is 0.149. The van der Waals surface area contributed by atoms with E-state index in [0.717, 1.165) is 31.5 Å². The van der Waals surface area contributed by atoms with Crippen LogP contribution in [0.2, 0.25) is 0 Å². The molecule has 19 heavy (non-hydrogen) atoms. The van der Waals surface area contributed by atoms with Crippen LogP contribution in [0, 0.1) is 5.92 Å². The molecule has 3 heteroatoms. The highest BCUT2D eigenvalue weighted by molar-refractivity contribution is 5.08. The predicted octanol–water partition coefficient (Wildman–Crippen LogP) is 2.33. The van der Waals surface area contributed by atoms with Crippen molar-refractivity contribution in [1.29, 1.82) is 0 Å². The van der Waals surface area contributed by atoms with Gasteiger partial charge in [-0.15, -0.1) is 0 Å². The van der Waals surface area contributed by atoms with Gasteiger partial charge in [0, 0.05) is 31.5 Å². The second-order valence-electron chi connectivity index (χ2n) is 5.74. The molecule has 0 bridgehead atoms. The van der Waals surface area contributed by atoms with Gasteiger partial charge in [-0.1, -0.05) is 19.9 Å². The molecule has 2 unspecified atom stereocenters. The molecular weight excluding hydrogens is 234 g/mol. The summed E-state index contributed by atoms with van der Waals surface area (Å²) in [7, 11) is 0. The quantitative estimate of drug-likeness (QED) is 0.852. The lowest BCUT2D eigenvalue weighted by Gasteiger charge is -2.37. The van der Waals surface area contributed by atoms with Crippen LogP contribution < -0.4 is 5.32 Å². The first kappa shape index (κ1) is 14.5. The molecule has 3 nitrogen and oxygen atoms in total. The molecule has 0 aromatic carbocycles. The topological polar surface area (TPSA) is 28.2 Å². The molecule has 0 amide bonds. The highest BCUT2D eigenvalue weighted by atomic mass is 15.1. The van der Waals surface area contributed by atoms with Crippen LogP contribution >= 0.6 is 0 Å². The van der Waals surface area contributed by atoms with Gasteiger partial charge in [0.05, 0.1) is 0 Å². The number of likely N-dealkylation sites (tertiary alicyclic amines) is 1. The Hall–Kier alpha value is -0.930. The molecule has 1 aromatic heterocycles. The number of nitrogens with one attached hydrogen (secondary N) is 1. The van der Waals surface area contributed by atoms with Crippen molar-refractivity contribution >= 4 is 0 Å². The monoisotopic (exact) mass is 261 g/mol. The number of piperidine rings is 1. The maximum Gasteiger partial charge on any atom is 0.0300 e. The number of rotatable bonds is 6. The van der Waals surface area contributed by atoms with E-state index in [1.165, 1.54) is 31.5 Å². The van der Waals surface area contributed by atoms with Crippen LogP contribution in [0.25, 0.3) is 0 Å². The van der Waals surface area contributed by atoms with Crippen molar-refractivity contribution in [3.05, 3.63) is 30.1 Å². The smallest absolute Gasteiger partial charge is 0.0300 e. The number of pyridine rings is 1. The molecule has 0 aliphatic carbocycles. The van der Waals surface area contributed by atoms with E-state index in [0.29, 0.717) is 0 Å². The number of hydrogen-bond acceptors (Lipinski definition) is 3. The molecule has 0 saturated carbocycles. The van der Waals surface area contributed by atoms with Crippen molar-refractivity contribution in [2.24, 2.45) is 5.92 Å². The Morgan fingerprint density at radius 2 is 2.37 bits per heavy atom. The first-order chi connectivity index (χ1) is 9.29. The summed E-state index contributed by atoms with van der Waals surface area (Å²) in [5.41, 5.74) is 1.35. The Balaban J connectivity index is 1.73. The van der Waals surface area contributed by atoms with Gasteiger partial charge in [-0.3, -0.25) is 4.98 Å². The van der Waals surface area contributed by atoms with Crippen LogP contribution in [0.3, 0.4) is 0 Å². The second kappa shape index (κ2) is 7.61. The van der Waals surface area contributed by atoms with E-state index in [1.807, 2.05) is 18.5 Å². The Morgan fingerprint density at radius 3 is 3.05 bits per heavy atom. The van der Waals surface area contributed by atoms with Crippen LogP contribution in [-0.2, 0) is 6.42 Å². The van der Waals surface area contributed by atoms with Gasteiger partial charge in [-0.05, 0) is 49.9 Å². The Labute approximate surface area is 117 Å². The lowest BCUT2D eigenvalue weighted by atomic mass is 9.93. The highest BCUT2D eigenvalue weighted by Gasteiger charge is 2.24. The van der Waals surface area contributed by atoms with Crippen molar-refractivity contribution in [1.82, 2.24) is 15.2 Å². The Kier molecular flexibility index (Phi) is 5.80. The van der Waals surface area contributed by atoms with Crippen LogP contribution in [0.1, 0.15) is 32.3 Å². The molecule has 1 fully saturated rings. The van der Waals surface area contributed by atoms with Crippen LogP contribution in [0.4, 0.5) is 0 Å². The molecule has 1 aromatic rings. The minimum absolute atomic E-state index is 0.717. The summed E-state index contributed by atoms with van der Waals surface area (Å²) in [5, 5.41) is 3.68. The third kappa shape index (κ3) is 4.59. The summed E-state index contributed by atoms with van der Waals surface area (Å²) in [6, 6.07) is 4.92. The first-order valence-corrected chi connectivity index (χ1v) is 7.64. The predicted molar refractivity (Wildman–Crippen MR) is 80.2 cm³/mol. The molecule has 1 saturated heterocycles. The van der Waals surface area contributed by atoms with Crippen molar-refractivity contribution in [3.8, 4) is 0 Å².